The summed E-state index contributed by atoms with van der Waals surface area (Å²) in [6.45, 7) is 27.6. The Morgan fingerprint density at radius 2 is 0.742 bits per heavy atom. The van der Waals surface area contributed by atoms with Crippen LogP contribution in [0.3, 0.4) is 0 Å². The van der Waals surface area contributed by atoms with Gasteiger partial charge in [-0.1, -0.05) is 119 Å². The fraction of sp³-hybridized carbons (Fsp3) is 0.300. The number of rotatable bonds is 12. The first kappa shape index (κ1) is 45.3. The molecular weight excluding hydrogens is 849 g/mol. The molecule has 0 fully saturated rings. The number of aldehydes is 2. The number of hydrogen-bond donors (Lipinski definition) is 0. The number of carbonyl (C=O) groups is 2. The predicted molar refractivity (Wildman–Crippen MR) is 277 cm³/mol. The standard InChI is InChI=1S/C60H60O4S2/c1-31(2)39-21-45(33(5)6)59(46(22-39)34(7)8)57-43-17-13-37(55-19-15-41(29-61)65-55)25-51(43)63-53-28-50-54(27-49(53)57)64-52-26-38(56-20-16-42(30-62)66-56)14-18-44(52)58(50)60-47(35(9)10)23-40(32(3)4)24-48(60)36(11)12/h13-36H,1-12H3. The zero-order chi connectivity index (χ0) is 46.9. The van der Waals surface area contributed by atoms with Crippen molar-refractivity contribution in [3.8, 4) is 43.9 Å². The van der Waals surface area contributed by atoms with Crippen molar-refractivity contribution < 1.29 is 19.1 Å². The summed E-state index contributed by atoms with van der Waals surface area (Å²) in [5.41, 5.74) is 16.8. The van der Waals surface area contributed by atoms with Crippen molar-refractivity contribution in [2.45, 2.75) is 119 Å². The molecule has 4 nitrogen and oxygen atoms in total. The Bertz CT molecular complexity index is 2930. The monoisotopic (exact) mass is 908 g/mol. The molecule has 6 heteroatoms. The van der Waals surface area contributed by atoms with Crippen LogP contribution in [0.1, 0.15) is 194 Å². The van der Waals surface area contributed by atoms with Crippen molar-refractivity contribution in [1.82, 2.24) is 0 Å². The van der Waals surface area contributed by atoms with Crippen LogP contribution in [-0.4, -0.2) is 12.6 Å². The highest BCUT2D eigenvalue weighted by atomic mass is 32.1. The molecule has 5 aromatic carbocycles. The minimum atomic E-state index is 0.249. The summed E-state index contributed by atoms with van der Waals surface area (Å²) < 4.78 is 14.5. The highest BCUT2D eigenvalue weighted by molar-refractivity contribution is 7.17. The summed E-state index contributed by atoms with van der Waals surface area (Å²) in [5.74, 6) is 4.88. The lowest BCUT2D eigenvalue weighted by molar-refractivity contribution is 0.111. The molecule has 0 saturated carbocycles. The summed E-state index contributed by atoms with van der Waals surface area (Å²) in [6.07, 6.45) is 1.84. The minimum absolute atomic E-state index is 0.249. The maximum absolute atomic E-state index is 11.8. The molecular formula is C60H60O4S2. The molecule has 9 rings (SSSR count). The second-order valence-corrected chi connectivity index (χ2v) is 22.2. The van der Waals surface area contributed by atoms with Crippen LogP contribution in [0.15, 0.2) is 97.1 Å². The van der Waals surface area contributed by atoms with E-state index in [2.05, 4.69) is 156 Å². The van der Waals surface area contributed by atoms with Crippen LogP contribution in [0.5, 0.6) is 23.0 Å². The van der Waals surface area contributed by atoms with E-state index in [0.717, 1.165) is 89.2 Å². The van der Waals surface area contributed by atoms with Crippen molar-refractivity contribution >= 4 is 46.4 Å². The Morgan fingerprint density at radius 3 is 1.03 bits per heavy atom. The maximum atomic E-state index is 11.8. The Balaban J connectivity index is 1.44. The summed E-state index contributed by atoms with van der Waals surface area (Å²) in [7, 11) is 0. The number of carbonyl (C=O) groups excluding carboxylic acids is 2. The second kappa shape index (κ2) is 17.8. The van der Waals surface area contributed by atoms with Crippen molar-refractivity contribution in [3.05, 3.63) is 173 Å². The van der Waals surface area contributed by atoms with E-state index >= 15 is 0 Å². The van der Waals surface area contributed by atoms with Gasteiger partial charge in [0.15, 0.2) is 12.6 Å². The van der Waals surface area contributed by atoms with Crippen LogP contribution in [0.2, 0.25) is 0 Å². The molecule has 0 aliphatic carbocycles. The van der Waals surface area contributed by atoms with Gasteiger partial charge in [-0.15, -0.1) is 22.7 Å². The van der Waals surface area contributed by atoms with Crippen molar-refractivity contribution in [2.24, 2.45) is 0 Å². The Kier molecular flexibility index (Phi) is 12.2. The van der Waals surface area contributed by atoms with Gasteiger partial charge in [0.25, 0.3) is 0 Å². The van der Waals surface area contributed by atoms with Crippen LogP contribution >= 0.6 is 22.7 Å². The number of fused-ring (bicyclic) bond motifs is 4. The van der Waals surface area contributed by atoms with Gasteiger partial charge in [-0.3, -0.25) is 9.59 Å². The quantitative estimate of drug-likeness (QED) is 0.115. The molecule has 7 aromatic rings. The Hall–Kier alpha value is -5.82. The SMILES string of the molecule is CC(C)c1cc(C(C)C)c(C2=c3cc4c(cc3Oc3cc(-c5ccc(C=O)s5)ccc32)=C(c2c(C(C)C)cc(C(C)C)cc2C(C)C)c2ccc(-c3ccc(C=O)s3)cc2O4)c(C(C)C)c1. The summed E-state index contributed by atoms with van der Waals surface area (Å²) in [5, 5.41) is 1.98. The molecule has 0 N–H and O–H groups in total. The Labute approximate surface area is 398 Å². The molecule has 0 saturated heterocycles. The van der Waals surface area contributed by atoms with Crippen LogP contribution in [0, 0.1) is 0 Å². The fourth-order valence-corrected chi connectivity index (χ4v) is 11.4. The van der Waals surface area contributed by atoms with Crippen LogP contribution in [0.25, 0.3) is 32.0 Å². The van der Waals surface area contributed by atoms with Crippen LogP contribution in [0.4, 0.5) is 0 Å². The van der Waals surface area contributed by atoms with E-state index in [9.17, 15) is 9.59 Å². The van der Waals surface area contributed by atoms with E-state index in [0.29, 0.717) is 21.6 Å². The highest BCUT2D eigenvalue weighted by Crippen LogP contribution is 2.48. The van der Waals surface area contributed by atoms with Gasteiger partial charge < -0.3 is 9.47 Å². The van der Waals surface area contributed by atoms with Gasteiger partial charge in [-0.2, -0.15) is 0 Å². The molecule has 336 valence electrons. The zero-order valence-corrected chi connectivity index (χ0v) is 41.9. The number of ether oxygens (including phenoxy) is 2. The van der Waals surface area contributed by atoms with Crippen LogP contribution < -0.4 is 19.9 Å². The van der Waals surface area contributed by atoms with E-state index < -0.39 is 0 Å². The molecule has 0 unspecified atom stereocenters. The Morgan fingerprint density at radius 1 is 0.394 bits per heavy atom. The fourth-order valence-electron chi connectivity index (χ4n) is 9.75. The number of benzene rings is 5. The average molecular weight is 909 g/mol. The smallest absolute Gasteiger partial charge is 0.160 e. The molecule has 0 radical (unpaired) electrons. The van der Waals surface area contributed by atoms with Gasteiger partial charge in [0.05, 0.1) is 9.75 Å². The van der Waals surface area contributed by atoms with E-state index in [1.807, 2.05) is 24.3 Å². The maximum Gasteiger partial charge on any atom is 0.160 e. The lowest BCUT2D eigenvalue weighted by Crippen LogP contribution is -2.26. The molecule has 0 atom stereocenters. The number of hydrogen-bond acceptors (Lipinski definition) is 6. The largest absolute Gasteiger partial charge is 0.456 e. The first-order chi connectivity index (χ1) is 31.6. The van der Waals surface area contributed by atoms with Gasteiger partial charge in [0.1, 0.15) is 23.0 Å². The minimum Gasteiger partial charge on any atom is -0.456 e. The topological polar surface area (TPSA) is 52.6 Å². The third-order valence-electron chi connectivity index (χ3n) is 13.4. The van der Waals surface area contributed by atoms with Gasteiger partial charge in [0.2, 0.25) is 0 Å². The molecule has 0 spiro atoms. The highest BCUT2D eigenvalue weighted by Gasteiger charge is 2.32. The lowest BCUT2D eigenvalue weighted by atomic mass is 9.77. The third kappa shape index (κ3) is 8.00. The van der Waals surface area contributed by atoms with Crippen molar-refractivity contribution in [2.75, 3.05) is 0 Å². The third-order valence-corrected chi connectivity index (χ3v) is 15.5. The van der Waals surface area contributed by atoms with Gasteiger partial charge in [-0.05, 0) is 152 Å². The van der Waals surface area contributed by atoms with E-state index in [-0.39, 0.29) is 23.7 Å². The molecule has 2 aromatic heterocycles. The lowest BCUT2D eigenvalue weighted by Gasteiger charge is -2.30. The predicted octanol–water partition coefficient (Wildman–Crippen LogP) is 16.2. The number of thiophene rings is 2. The van der Waals surface area contributed by atoms with Crippen molar-refractivity contribution in [1.29, 1.82) is 0 Å². The summed E-state index contributed by atoms with van der Waals surface area (Å²) in [6, 6.07) is 35.1. The average Bonchev–Trinajstić information content (AvgIpc) is 3.99. The molecule has 66 heavy (non-hydrogen) atoms. The van der Waals surface area contributed by atoms with Gasteiger partial charge in [0, 0.05) is 42.5 Å². The molecule has 0 bridgehead atoms. The molecule has 4 heterocycles. The summed E-state index contributed by atoms with van der Waals surface area (Å²) in [4.78, 5) is 27.0. The van der Waals surface area contributed by atoms with E-state index in [1.54, 1.807) is 0 Å². The molecule has 2 aliphatic rings. The normalized spacial score (nSPS) is 13.1. The van der Waals surface area contributed by atoms with E-state index in [1.165, 1.54) is 67.2 Å². The van der Waals surface area contributed by atoms with E-state index in [4.69, 9.17) is 9.47 Å². The first-order valence-corrected chi connectivity index (χ1v) is 25.2. The summed E-state index contributed by atoms with van der Waals surface area (Å²) >= 11 is 2.99. The first-order valence-electron chi connectivity index (χ1n) is 23.6. The van der Waals surface area contributed by atoms with Gasteiger partial charge in [-0.25, -0.2) is 0 Å². The van der Waals surface area contributed by atoms with Crippen molar-refractivity contribution in [3.63, 3.8) is 0 Å². The van der Waals surface area contributed by atoms with Gasteiger partial charge >= 0.3 is 0 Å². The zero-order valence-electron chi connectivity index (χ0n) is 40.3. The molecule has 0 amide bonds. The molecule has 2 aliphatic heterocycles. The van der Waals surface area contributed by atoms with Crippen LogP contribution in [-0.2, 0) is 0 Å². The second-order valence-electron chi connectivity index (χ2n) is 19.9.